The fraction of sp³-hybridized carbons (Fsp3) is 0.0545. The minimum atomic E-state index is -1.98. The number of H-pyrrole nitrogens is 3. The van der Waals surface area contributed by atoms with E-state index in [9.17, 15) is 0 Å². The van der Waals surface area contributed by atoms with Crippen molar-refractivity contribution in [1.29, 1.82) is 0 Å². The first-order valence-corrected chi connectivity index (χ1v) is 22.3. The number of fused-ring (bicyclic) bond motifs is 9. The van der Waals surface area contributed by atoms with E-state index in [4.69, 9.17) is 0 Å². The number of aryl methyl sites for hydroxylation is 3. The zero-order valence-electron chi connectivity index (χ0n) is 38.4. The van der Waals surface area contributed by atoms with Crippen molar-refractivity contribution in [2.45, 2.75) is 0 Å². The maximum absolute atomic E-state index is 17.0. The molecule has 0 saturated heterocycles. The number of pyridine rings is 3. The predicted molar refractivity (Wildman–Crippen MR) is 251 cm³/mol. The molecule has 7 aromatic heterocycles. The molecule has 8 heterocycles. The highest BCUT2D eigenvalue weighted by Gasteiger charge is 2.36. The summed E-state index contributed by atoms with van der Waals surface area (Å²) in [5.74, 6) is -22.5. The minimum Gasteiger partial charge on any atom is -0.354 e. The lowest BCUT2D eigenvalue weighted by Crippen LogP contribution is -2.31. The van der Waals surface area contributed by atoms with E-state index in [1.54, 1.807) is 0 Å². The molecule has 0 fully saturated rings. The maximum atomic E-state index is 17.0. The third-order valence-electron chi connectivity index (χ3n) is 13.1. The van der Waals surface area contributed by atoms with Gasteiger partial charge < -0.3 is 15.0 Å². The molecule has 74 heavy (non-hydrogen) atoms. The molecule has 0 saturated carbocycles. The Bertz CT molecular complexity index is 4140. The zero-order valence-corrected chi connectivity index (χ0v) is 38.4. The Morgan fingerprint density at radius 3 is 0.824 bits per heavy atom. The van der Waals surface area contributed by atoms with Gasteiger partial charge in [-0.15, -0.1) is 0 Å². The molecule has 19 heteroatoms. The maximum Gasteiger partial charge on any atom is 0.218 e. The Hall–Kier alpha value is -9.00. The SMILES string of the molecule is C[n+]1ccccc1-c1c(F)c(F)c(-c2c3nc(c(-c4c(F)c(F)c(-c5cccc[n+]5C)c(F)c4F)c4ccc([nH]4)c4ccc([nH]4)c(-c4c(F)c(F)c(-c5cccc[n+]5C)c(F)c4F)c4ccc2[nH]4)C=C3)c(F)c1F. The Labute approximate surface area is 409 Å². The van der Waals surface area contributed by atoms with Crippen molar-refractivity contribution in [3.05, 3.63) is 191 Å². The molecule has 1 aliphatic heterocycles. The highest BCUT2D eigenvalue weighted by Crippen LogP contribution is 2.45. The second-order valence-electron chi connectivity index (χ2n) is 17.3. The zero-order chi connectivity index (χ0) is 52.2. The Balaban J connectivity index is 1.30. The van der Waals surface area contributed by atoms with Gasteiger partial charge in [0.05, 0.1) is 39.1 Å². The molecule has 8 bridgehead atoms. The standard InChI is InChI=1S/C55H30F12N7/c1-72-21-7-4-10-32(72)38-44(56)50(62)41(51(63)45(38)57)35-26-15-13-24(68-26)25-14-16-27(69-25)36(42-52(64)46(58)39(47(59)53(42)65)33-11-5-8-22-73(33)2)29-18-20-31(71-29)37(30-19-17-28(35)70-30)43-54(66)48(60)40(49(61)55(43)67)34-12-6-9-23-74(34)3/h4-23H,1-3H3,(H,70,71)/q+1/p+2. The number of aromatic amines is 3. The van der Waals surface area contributed by atoms with Crippen LogP contribution < -0.4 is 13.7 Å². The Morgan fingerprint density at radius 2 is 0.527 bits per heavy atom. The molecular formula is C55H32F12N7+3. The van der Waals surface area contributed by atoms with Gasteiger partial charge >= 0.3 is 0 Å². The first kappa shape index (κ1) is 47.3. The molecule has 11 rings (SSSR count). The highest BCUT2D eigenvalue weighted by molar-refractivity contribution is 6.00. The lowest BCUT2D eigenvalue weighted by Gasteiger charge is -2.13. The van der Waals surface area contributed by atoms with Gasteiger partial charge in [-0.05, 0) is 66.7 Å². The fourth-order valence-electron chi connectivity index (χ4n) is 9.52. The average Bonchev–Trinajstić information content (AvgIpc) is 4.25. The molecule has 0 unspecified atom stereocenters. The number of hydrogen-bond donors (Lipinski definition) is 3. The number of benzene rings is 3. The quantitative estimate of drug-likeness (QED) is 0.0867. The third kappa shape index (κ3) is 7.15. The second-order valence-corrected chi connectivity index (χ2v) is 17.3. The predicted octanol–water partition coefficient (Wildman–Crippen LogP) is 12.8. The molecule has 1 aliphatic rings. The van der Waals surface area contributed by atoms with Crippen LogP contribution >= 0.6 is 0 Å². The van der Waals surface area contributed by atoms with Gasteiger partial charge in [-0.25, -0.2) is 71.4 Å². The van der Waals surface area contributed by atoms with E-state index < -0.39 is 142 Å². The normalized spacial score (nSPS) is 11.9. The Morgan fingerprint density at radius 1 is 0.284 bits per heavy atom. The van der Waals surface area contributed by atoms with Gasteiger partial charge in [0.1, 0.15) is 37.8 Å². The molecule has 3 aromatic carbocycles. The smallest absolute Gasteiger partial charge is 0.218 e. The summed E-state index contributed by atoms with van der Waals surface area (Å²) in [4.78, 5) is 13.0. The van der Waals surface area contributed by atoms with Crippen molar-refractivity contribution in [1.82, 2.24) is 19.9 Å². The minimum absolute atomic E-state index is 0.0612. The van der Waals surface area contributed by atoms with E-state index >= 15 is 52.7 Å². The van der Waals surface area contributed by atoms with Crippen molar-refractivity contribution in [2.75, 3.05) is 0 Å². The number of halogens is 12. The van der Waals surface area contributed by atoms with E-state index in [-0.39, 0.29) is 39.1 Å². The van der Waals surface area contributed by atoms with Crippen molar-refractivity contribution in [3.63, 3.8) is 0 Å². The van der Waals surface area contributed by atoms with Crippen LogP contribution in [0.2, 0.25) is 0 Å². The van der Waals surface area contributed by atoms with Gasteiger partial charge in [0, 0.05) is 75.2 Å². The molecule has 7 nitrogen and oxygen atoms in total. The summed E-state index contributed by atoms with van der Waals surface area (Å²) in [6.45, 7) is 0. The highest BCUT2D eigenvalue weighted by atomic mass is 19.2. The molecule has 0 atom stereocenters. The van der Waals surface area contributed by atoms with Gasteiger partial charge in [0.25, 0.3) is 0 Å². The third-order valence-corrected chi connectivity index (χ3v) is 13.1. The van der Waals surface area contributed by atoms with Crippen LogP contribution in [0.3, 0.4) is 0 Å². The van der Waals surface area contributed by atoms with Crippen LogP contribution in [0.15, 0.2) is 110 Å². The van der Waals surface area contributed by atoms with Crippen LogP contribution in [-0.4, -0.2) is 19.9 Å². The van der Waals surface area contributed by atoms with E-state index in [0.29, 0.717) is 0 Å². The van der Waals surface area contributed by atoms with E-state index in [1.165, 1.54) is 132 Å². The van der Waals surface area contributed by atoms with Crippen LogP contribution in [0.25, 0.3) is 112 Å². The van der Waals surface area contributed by atoms with Gasteiger partial charge in [0.15, 0.2) is 88.4 Å². The number of nitrogens with zero attached hydrogens (tertiary/aromatic N) is 4. The van der Waals surface area contributed by atoms with Crippen molar-refractivity contribution in [3.8, 4) is 67.2 Å². The van der Waals surface area contributed by atoms with Crippen molar-refractivity contribution >= 4 is 45.3 Å². The Kier molecular flexibility index (Phi) is 11.3. The first-order valence-electron chi connectivity index (χ1n) is 22.3. The average molecular weight is 1020 g/mol. The monoisotopic (exact) mass is 1020 g/mol. The van der Waals surface area contributed by atoms with Gasteiger partial charge in [-0.1, -0.05) is 0 Å². The summed E-state index contributed by atoms with van der Waals surface area (Å²) < 4.78 is 204. The molecular weight excluding hydrogens is 987 g/mol. The van der Waals surface area contributed by atoms with Crippen LogP contribution in [0.4, 0.5) is 52.7 Å². The molecule has 0 amide bonds. The summed E-state index contributed by atoms with van der Waals surface area (Å²) in [6, 6.07) is 19.6. The van der Waals surface area contributed by atoms with E-state index in [1.807, 2.05) is 0 Å². The molecule has 368 valence electrons. The topological polar surface area (TPSA) is 71.9 Å². The van der Waals surface area contributed by atoms with Crippen LogP contribution in [0.1, 0.15) is 11.4 Å². The number of nitrogens with one attached hydrogen (secondary N) is 3. The van der Waals surface area contributed by atoms with Crippen LogP contribution in [0.5, 0.6) is 0 Å². The van der Waals surface area contributed by atoms with Gasteiger partial charge in [0.2, 0.25) is 17.1 Å². The number of rotatable bonds is 6. The molecule has 0 spiro atoms. The molecule has 0 radical (unpaired) electrons. The summed E-state index contributed by atoms with van der Waals surface area (Å²) in [6.07, 6.45) is 6.22. The second kappa shape index (κ2) is 17.6. The number of hydrogen-bond acceptors (Lipinski definition) is 1. The number of aromatic nitrogens is 7. The lowest BCUT2D eigenvalue weighted by atomic mass is 9.97. The summed E-state index contributed by atoms with van der Waals surface area (Å²) in [5, 5.41) is 0. The van der Waals surface area contributed by atoms with E-state index in [2.05, 4.69) is 19.9 Å². The largest absolute Gasteiger partial charge is 0.354 e. The molecule has 0 aliphatic carbocycles. The lowest BCUT2D eigenvalue weighted by molar-refractivity contribution is -0.660. The van der Waals surface area contributed by atoms with Gasteiger partial charge in [-0.3, -0.25) is 0 Å². The van der Waals surface area contributed by atoms with Crippen LogP contribution in [0, 0.1) is 69.8 Å². The summed E-state index contributed by atoms with van der Waals surface area (Å²) in [5.41, 5.74) is -12.5. The first-order chi connectivity index (χ1) is 35.5. The molecule has 10 aromatic rings. The van der Waals surface area contributed by atoms with Crippen molar-refractivity contribution < 1.29 is 66.4 Å². The fourth-order valence-corrected chi connectivity index (χ4v) is 9.52. The summed E-state index contributed by atoms with van der Waals surface area (Å²) in [7, 11) is 4.14. The van der Waals surface area contributed by atoms with E-state index in [0.717, 1.165) is 24.3 Å². The molecule has 3 N–H and O–H groups in total. The van der Waals surface area contributed by atoms with Crippen molar-refractivity contribution in [2.24, 2.45) is 21.1 Å². The van der Waals surface area contributed by atoms with Crippen LogP contribution in [-0.2, 0) is 21.1 Å². The summed E-state index contributed by atoms with van der Waals surface area (Å²) >= 11 is 0. The van der Waals surface area contributed by atoms with Gasteiger partial charge in [-0.2, -0.15) is 0 Å².